The van der Waals surface area contributed by atoms with E-state index < -0.39 is 11.5 Å². The molecule has 0 aliphatic carbocycles. The minimum absolute atomic E-state index is 0.133. The highest BCUT2D eigenvalue weighted by molar-refractivity contribution is 7.10. The molecule has 0 aliphatic heterocycles. The van der Waals surface area contributed by atoms with Gasteiger partial charge in [-0.05, 0) is 39.1 Å². The topological polar surface area (TPSA) is 69.6 Å². The number of hydrogen-bond acceptors (Lipinski definition) is 3. The van der Waals surface area contributed by atoms with Crippen LogP contribution in [0.5, 0.6) is 0 Å². The van der Waals surface area contributed by atoms with Crippen LogP contribution in [-0.4, -0.2) is 34.1 Å². The molecule has 1 unspecified atom stereocenters. The third-order valence-corrected chi connectivity index (χ3v) is 3.71. The first-order valence-electron chi connectivity index (χ1n) is 6.05. The highest BCUT2D eigenvalue weighted by atomic mass is 32.1. The summed E-state index contributed by atoms with van der Waals surface area (Å²) < 4.78 is 0. The number of rotatable bonds is 4. The molecule has 6 heteroatoms. The van der Waals surface area contributed by atoms with Crippen molar-refractivity contribution in [2.24, 2.45) is 0 Å². The van der Waals surface area contributed by atoms with Gasteiger partial charge in [0.05, 0.1) is 6.04 Å². The van der Waals surface area contributed by atoms with E-state index in [4.69, 9.17) is 5.11 Å². The molecular weight excluding hydrogens is 264 g/mol. The van der Waals surface area contributed by atoms with Gasteiger partial charge in [0.1, 0.15) is 6.54 Å². The Morgan fingerprint density at radius 2 is 2.11 bits per heavy atom. The van der Waals surface area contributed by atoms with Crippen LogP contribution in [0.4, 0.5) is 4.79 Å². The molecule has 1 heterocycles. The molecule has 0 bridgehead atoms. The molecule has 1 atom stereocenters. The molecule has 0 spiro atoms. The summed E-state index contributed by atoms with van der Waals surface area (Å²) in [6.45, 7) is 7.00. The zero-order valence-electron chi connectivity index (χ0n) is 11.6. The summed E-state index contributed by atoms with van der Waals surface area (Å²) in [6, 6.07) is 3.36. The third-order valence-electron chi connectivity index (χ3n) is 2.66. The molecule has 0 saturated heterocycles. The SMILES string of the molecule is CC(NC(=O)N(CC(=O)O)C(C)(C)C)c1cccs1. The third kappa shape index (κ3) is 4.55. The lowest BCUT2D eigenvalue weighted by Gasteiger charge is -2.35. The molecule has 1 rings (SSSR count). The second-order valence-electron chi connectivity index (χ2n) is 5.34. The fourth-order valence-corrected chi connectivity index (χ4v) is 2.36. The number of carboxylic acid groups (broad SMARTS) is 1. The van der Waals surface area contributed by atoms with E-state index in [2.05, 4.69) is 5.32 Å². The predicted molar refractivity (Wildman–Crippen MR) is 75.4 cm³/mol. The van der Waals surface area contributed by atoms with Crippen LogP contribution in [0.1, 0.15) is 38.6 Å². The van der Waals surface area contributed by atoms with Gasteiger partial charge in [0.15, 0.2) is 0 Å². The number of carboxylic acids is 1. The van der Waals surface area contributed by atoms with Gasteiger partial charge in [-0.1, -0.05) is 6.07 Å². The van der Waals surface area contributed by atoms with Crippen molar-refractivity contribution in [3.05, 3.63) is 22.4 Å². The largest absolute Gasteiger partial charge is 0.480 e. The lowest BCUT2D eigenvalue weighted by Crippen LogP contribution is -2.52. The fourth-order valence-electron chi connectivity index (χ4n) is 1.62. The van der Waals surface area contributed by atoms with Gasteiger partial charge in [-0.2, -0.15) is 0 Å². The van der Waals surface area contributed by atoms with E-state index in [1.54, 1.807) is 11.3 Å². The second-order valence-corrected chi connectivity index (χ2v) is 6.32. The molecule has 2 amide bonds. The van der Waals surface area contributed by atoms with Crippen LogP contribution >= 0.6 is 11.3 Å². The van der Waals surface area contributed by atoms with Gasteiger partial charge in [-0.15, -0.1) is 11.3 Å². The van der Waals surface area contributed by atoms with Crippen molar-refractivity contribution in [2.45, 2.75) is 39.3 Å². The monoisotopic (exact) mass is 284 g/mol. The smallest absolute Gasteiger partial charge is 0.323 e. The van der Waals surface area contributed by atoms with E-state index in [-0.39, 0.29) is 18.6 Å². The number of hydrogen-bond donors (Lipinski definition) is 2. The maximum atomic E-state index is 12.2. The lowest BCUT2D eigenvalue weighted by atomic mass is 10.1. The van der Waals surface area contributed by atoms with Gasteiger partial charge in [-0.3, -0.25) is 4.79 Å². The van der Waals surface area contributed by atoms with Crippen LogP contribution < -0.4 is 5.32 Å². The summed E-state index contributed by atoms with van der Waals surface area (Å²) in [5.41, 5.74) is -0.544. The maximum absolute atomic E-state index is 12.2. The highest BCUT2D eigenvalue weighted by Crippen LogP contribution is 2.20. The average molecular weight is 284 g/mol. The maximum Gasteiger partial charge on any atom is 0.323 e. The van der Waals surface area contributed by atoms with E-state index in [0.29, 0.717) is 0 Å². The van der Waals surface area contributed by atoms with Crippen molar-refractivity contribution in [2.75, 3.05) is 6.54 Å². The van der Waals surface area contributed by atoms with Gasteiger partial charge >= 0.3 is 12.0 Å². The minimum Gasteiger partial charge on any atom is -0.480 e. The minimum atomic E-state index is -1.02. The number of carbonyl (C=O) groups excluding carboxylic acids is 1. The van der Waals surface area contributed by atoms with Crippen LogP contribution in [0.2, 0.25) is 0 Å². The molecule has 0 saturated carbocycles. The van der Waals surface area contributed by atoms with E-state index in [0.717, 1.165) is 4.88 Å². The molecule has 19 heavy (non-hydrogen) atoms. The van der Waals surface area contributed by atoms with Crippen LogP contribution in [0, 0.1) is 0 Å². The van der Waals surface area contributed by atoms with Gasteiger partial charge in [-0.25, -0.2) is 4.79 Å². The van der Waals surface area contributed by atoms with Crippen molar-refractivity contribution >= 4 is 23.3 Å². The fraction of sp³-hybridized carbons (Fsp3) is 0.538. The lowest BCUT2D eigenvalue weighted by molar-refractivity contribution is -0.138. The van der Waals surface area contributed by atoms with Crippen molar-refractivity contribution in [3.63, 3.8) is 0 Å². The van der Waals surface area contributed by atoms with E-state index in [9.17, 15) is 9.59 Å². The molecule has 1 aromatic rings. The first kappa shape index (κ1) is 15.5. The van der Waals surface area contributed by atoms with Crippen LogP contribution in [0.3, 0.4) is 0 Å². The number of urea groups is 1. The van der Waals surface area contributed by atoms with Gasteiger partial charge < -0.3 is 15.3 Å². The molecular formula is C13H20N2O3S. The predicted octanol–water partition coefficient (Wildman–Crippen LogP) is 2.70. The molecule has 0 aromatic carbocycles. The second kappa shape index (κ2) is 6.06. The molecule has 2 N–H and O–H groups in total. The number of nitrogens with one attached hydrogen (secondary N) is 1. The molecule has 0 radical (unpaired) electrons. The van der Waals surface area contributed by atoms with Gasteiger partial charge in [0.2, 0.25) is 0 Å². The number of thiophene rings is 1. The first-order valence-corrected chi connectivity index (χ1v) is 6.93. The normalized spacial score (nSPS) is 12.8. The summed E-state index contributed by atoms with van der Waals surface area (Å²) in [5, 5.41) is 13.7. The van der Waals surface area contributed by atoms with Crippen molar-refractivity contribution in [1.82, 2.24) is 10.2 Å². The van der Waals surface area contributed by atoms with Crippen LogP contribution in [0.25, 0.3) is 0 Å². The summed E-state index contributed by atoms with van der Waals surface area (Å²) in [5.74, 6) is -1.02. The summed E-state index contributed by atoms with van der Waals surface area (Å²) in [4.78, 5) is 25.4. The van der Waals surface area contributed by atoms with Crippen molar-refractivity contribution in [3.8, 4) is 0 Å². The molecule has 1 aromatic heterocycles. The molecule has 0 aliphatic rings. The van der Waals surface area contributed by atoms with E-state index in [1.807, 2.05) is 45.2 Å². The van der Waals surface area contributed by atoms with E-state index >= 15 is 0 Å². The summed E-state index contributed by atoms with van der Waals surface area (Å²) in [7, 11) is 0. The Kier molecular flexibility index (Phi) is 4.94. The zero-order valence-corrected chi connectivity index (χ0v) is 12.5. The summed E-state index contributed by atoms with van der Waals surface area (Å²) in [6.07, 6.45) is 0. The number of carbonyl (C=O) groups is 2. The Hall–Kier alpha value is -1.56. The van der Waals surface area contributed by atoms with E-state index in [1.165, 1.54) is 4.90 Å². The number of aliphatic carboxylic acids is 1. The average Bonchev–Trinajstić information content (AvgIpc) is 2.77. The molecule has 106 valence electrons. The number of nitrogens with zero attached hydrogens (tertiary/aromatic N) is 1. The Bertz CT molecular complexity index is 437. The standard InChI is InChI=1S/C13H20N2O3S/c1-9(10-6-5-7-19-10)14-12(18)15(8-11(16)17)13(2,3)4/h5-7,9H,8H2,1-4H3,(H,14,18)(H,16,17). The summed E-state index contributed by atoms with van der Waals surface area (Å²) >= 11 is 1.56. The zero-order chi connectivity index (χ0) is 14.6. The Morgan fingerprint density at radius 3 is 2.53 bits per heavy atom. The number of amides is 2. The van der Waals surface area contributed by atoms with Crippen LogP contribution in [0.15, 0.2) is 17.5 Å². The van der Waals surface area contributed by atoms with Gasteiger partial charge in [0.25, 0.3) is 0 Å². The Balaban J connectivity index is 2.75. The highest BCUT2D eigenvalue weighted by Gasteiger charge is 2.29. The first-order chi connectivity index (χ1) is 8.71. The van der Waals surface area contributed by atoms with Gasteiger partial charge in [0, 0.05) is 10.4 Å². The molecule has 5 nitrogen and oxygen atoms in total. The Morgan fingerprint density at radius 1 is 1.47 bits per heavy atom. The Labute approximate surface area is 117 Å². The van der Waals surface area contributed by atoms with Crippen molar-refractivity contribution in [1.29, 1.82) is 0 Å². The molecule has 0 fully saturated rings. The van der Waals surface area contributed by atoms with Crippen LogP contribution in [-0.2, 0) is 4.79 Å². The quantitative estimate of drug-likeness (QED) is 0.893. The van der Waals surface area contributed by atoms with Crippen molar-refractivity contribution < 1.29 is 14.7 Å².